The third-order valence-corrected chi connectivity index (χ3v) is 8.88. The number of fused-ring (bicyclic) bond motifs is 2. The van der Waals surface area contributed by atoms with Gasteiger partial charge in [-0.25, -0.2) is 18.2 Å². The fraction of sp³-hybridized carbons (Fsp3) is 0.444. The zero-order valence-corrected chi connectivity index (χ0v) is 23.2. The van der Waals surface area contributed by atoms with Crippen molar-refractivity contribution in [2.45, 2.75) is 49.8 Å². The molecule has 3 N–H and O–H groups in total. The summed E-state index contributed by atoms with van der Waals surface area (Å²) >= 11 is 0.735. The molecule has 4 aromatic rings. The second kappa shape index (κ2) is 10.4. The number of aliphatic hydroxyl groups is 1. The molecular weight excluding hydrogens is 586 g/mol. The number of aromatic nitrogens is 3. The number of likely N-dealkylation sites (tertiary alicyclic amines) is 1. The molecule has 3 heterocycles. The number of nitrogens with zero attached hydrogens (tertiary/aromatic N) is 5. The number of alkyl halides is 4. The van der Waals surface area contributed by atoms with E-state index in [0.29, 0.717) is 12.8 Å². The van der Waals surface area contributed by atoms with Crippen molar-refractivity contribution in [3.05, 3.63) is 35.4 Å². The average molecular weight is 613 g/mol. The Balaban J connectivity index is 1.56. The van der Waals surface area contributed by atoms with E-state index in [0.717, 1.165) is 29.5 Å². The molecule has 1 aliphatic heterocycles. The number of benzene rings is 2. The number of hydrogen-bond donors (Lipinski definition) is 2. The van der Waals surface area contributed by atoms with Crippen LogP contribution in [0, 0.1) is 11.6 Å². The maximum Gasteiger partial charge on any atom is 0.417 e. The second-order valence-electron chi connectivity index (χ2n) is 10.8. The van der Waals surface area contributed by atoms with Crippen LogP contribution in [0.25, 0.3) is 32.2 Å². The molecule has 2 unspecified atom stereocenters. The summed E-state index contributed by atoms with van der Waals surface area (Å²) in [5.41, 5.74) is 2.58. The standard InChI is InChI=1S/C27H26F6N6O2S/c1-38-9-11(28)5-13(38)10-41-26-36-21-16(24(37-26)39(2)12-6-14(40)7-12)8-17(27(31,32)33)19(20(21)30)15-3-4-18(29)23-22(15)35-25(34)42-23/h3-4,8,11-14,40H,5-7,9-10H2,1-2H3,(H2,34,35). The lowest BCUT2D eigenvalue weighted by Crippen LogP contribution is -2.45. The molecule has 0 radical (unpaired) electrons. The Morgan fingerprint density at radius 3 is 2.52 bits per heavy atom. The molecule has 8 nitrogen and oxygen atoms in total. The molecule has 15 heteroatoms. The van der Waals surface area contributed by atoms with Crippen LogP contribution in [0.1, 0.15) is 24.8 Å². The molecule has 2 aromatic carbocycles. The summed E-state index contributed by atoms with van der Waals surface area (Å²) in [6.07, 6.45) is -5.75. The first-order valence-electron chi connectivity index (χ1n) is 13.2. The molecule has 2 fully saturated rings. The number of aliphatic hydroxyl groups excluding tert-OH is 1. The van der Waals surface area contributed by atoms with Gasteiger partial charge in [0.05, 0.1) is 21.9 Å². The molecule has 1 saturated heterocycles. The van der Waals surface area contributed by atoms with Crippen molar-refractivity contribution in [3.8, 4) is 17.1 Å². The van der Waals surface area contributed by atoms with E-state index >= 15 is 4.39 Å². The first kappa shape index (κ1) is 28.7. The molecule has 1 aliphatic carbocycles. The summed E-state index contributed by atoms with van der Waals surface area (Å²) in [4.78, 5) is 15.9. The largest absolute Gasteiger partial charge is 0.462 e. The van der Waals surface area contributed by atoms with Gasteiger partial charge in [-0.2, -0.15) is 23.1 Å². The van der Waals surface area contributed by atoms with E-state index in [1.54, 1.807) is 23.9 Å². The number of rotatable bonds is 6. The minimum atomic E-state index is -5.03. The van der Waals surface area contributed by atoms with Crippen molar-refractivity contribution in [2.75, 3.05) is 37.9 Å². The van der Waals surface area contributed by atoms with Crippen LogP contribution in [0.15, 0.2) is 18.2 Å². The van der Waals surface area contributed by atoms with Crippen molar-refractivity contribution < 1.29 is 36.2 Å². The van der Waals surface area contributed by atoms with Crippen LogP contribution in [0.2, 0.25) is 0 Å². The summed E-state index contributed by atoms with van der Waals surface area (Å²) in [5.74, 6) is -2.10. The first-order valence-corrected chi connectivity index (χ1v) is 14.0. The predicted molar refractivity (Wildman–Crippen MR) is 146 cm³/mol. The lowest BCUT2D eigenvalue weighted by Gasteiger charge is -2.39. The van der Waals surface area contributed by atoms with Crippen LogP contribution in [0.4, 0.5) is 37.3 Å². The summed E-state index contributed by atoms with van der Waals surface area (Å²) in [5, 5.41) is 9.51. The predicted octanol–water partition coefficient (Wildman–Crippen LogP) is 5.17. The normalized spacial score (nSPS) is 23.1. The number of thiazole rings is 1. The monoisotopic (exact) mass is 612 g/mol. The third kappa shape index (κ3) is 4.96. The van der Waals surface area contributed by atoms with Gasteiger partial charge in [0.15, 0.2) is 10.9 Å². The van der Waals surface area contributed by atoms with E-state index in [4.69, 9.17) is 10.5 Å². The minimum Gasteiger partial charge on any atom is -0.462 e. The summed E-state index contributed by atoms with van der Waals surface area (Å²) in [6.45, 7) is 0.190. The van der Waals surface area contributed by atoms with Gasteiger partial charge in [-0.15, -0.1) is 0 Å². The highest BCUT2D eigenvalue weighted by atomic mass is 32.1. The van der Waals surface area contributed by atoms with Crippen LogP contribution < -0.4 is 15.4 Å². The fourth-order valence-corrected chi connectivity index (χ4v) is 6.39. The number of likely N-dealkylation sites (N-methyl/N-ethyl adjacent to an activating group) is 1. The molecule has 0 amide bonds. The van der Waals surface area contributed by atoms with Gasteiger partial charge in [-0.05, 0) is 44.5 Å². The topological polar surface area (TPSA) is 101 Å². The molecule has 0 spiro atoms. The Hall–Kier alpha value is -3.43. The van der Waals surface area contributed by atoms with E-state index in [1.807, 2.05) is 0 Å². The van der Waals surface area contributed by atoms with E-state index in [1.165, 1.54) is 0 Å². The third-order valence-electron chi connectivity index (χ3n) is 7.99. The van der Waals surface area contributed by atoms with Gasteiger partial charge in [0.25, 0.3) is 0 Å². The molecule has 0 bridgehead atoms. The maximum absolute atomic E-state index is 16.5. The number of nitrogen functional groups attached to an aromatic ring is 1. The smallest absolute Gasteiger partial charge is 0.417 e. The van der Waals surface area contributed by atoms with Gasteiger partial charge in [0.2, 0.25) is 0 Å². The van der Waals surface area contributed by atoms with Crippen molar-refractivity contribution in [1.82, 2.24) is 19.9 Å². The Morgan fingerprint density at radius 2 is 1.88 bits per heavy atom. The Bertz CT molecular complexity index is 1680. The zero-order chi connectivity index (χ0) is 30.1. The molecular formula is C27H26F6N6O2S. The van der Waals surface area contributed by atoms with Crippen LogP contribution in [-0.4, -0.2) is 76.6 Å². The highest BCUT2D eigenvalue weighted by Crippen LogP contribution is 2.46. The Kier molecular flexibility index (Phi) is 7.09. The lowest BCUT2D eigenvalue weighted by molar-refractivity contribution is -0.137. The Morgan fingerprint density at radius 1 is 1.14 bits per heavy atom. The second-order valence-corrected chi connectivity index (χ2v) is 11.8. The highest BCUT2D eigenvalue weighted by molar-refractivity contribution is 7.22. The lowest BCUT2D eigenvalue weighted by atomic mass is 9.88. The number of nitrogens with two attached hydrogens (primary N) is 1. The summed E-state index contributed by atoms with van der Waals surface area (Å²) in [7, 11) is 3.32. The van der Waals surface area contributed by atoms with E-state index in [2.05, 4.69) is 15.0 Å². The maximum atomic E-state index is 16.5. The molecule has 42 heavy (non-hydrogen) atoms. The summed E-state index contributed by atoms with van der Waals surface area (Å²) in [6, 6.07) is 1.85. The molecule has 224 valence electrons. The van der Waals surface area contributed by atoms with Gasteiger partial charge in [-0.3, -0.25) is 4.90 Å². The average Bonchev–Trinajstić information content (AvgIpc) is 3.46. The number of anilines is 2. The van der Waals surface area contributed by atoms with Gasteiger partial charge in [0, 0.05) is 42.2 Å². The minimum absolute atomic E-state index is 0.0202. The van der Waals surface area contributed by atoms with Gasteiger partial charge in [-0.1, -0.05) is 11.3 Å². The van der Waals surface area contributed by atoms with Gasteiger partial charge < -0.3 is 20.5 Å². The zero-order valence-electron chi connectivity index (χ0n) is 22.4. The fourth-order valence-electron chi connectivity index (χ4n) is 5.63. The van der Waals surface area contributed by atoms with E-state index in [9.17, 15) is 27.1 Å². The van der Waals surface area contributed by atoms with E-state index in [-0.39, 0.29) is 69.8 Å². The SMILES string of the molecule is CN1CC(F)CC1COc1nc(N(C)C2CC(O)C2)c2cc(C(F)(F)F)c(-c3ccc(F)c4sc(N)nc34)c(F)c2n1. The van der Waals surface area contributed by atoms with Crippen molar-refractivity contribution in [1.29, 1.82) is 0 Å². The van der Waals surface area contributed by atoms with Gasteiger partial charge in [0.1, 0.15) is 29.9 Å². The first-order chi connectivity index (χ1) is 19.8. The quantitative estimate of drug-likeness (QED) is 0.288. The molecule has 2 aromatic heterocycles. The molecule has 6 rings (SSSR count). The van der Waals surface area contributed by atoms with Crippen LogP contribution in [0.5, 0.6) is 6.01 Å². The number of halogens is 6. The van der Waals surface area contributed by atoms with Crippen molar-refractivity contribution in [2.24, 2.45) is 0 Å². The Labute approximate surface area is 239 Å². The van der Waals surface area contributed by atoms with Crippen LogP contribution >= 0.6 is 11.3 Å². The van der Waals surface area contributed by atoms with Crippen LogP contribution in [0.3, 0.4) is 0 Å². The van der Waals surface area contributed by atoms with Crippen molar-refractivity contribution in [3.63, 3.8) is 0 Å². The molecule has 2 atom stereocenters. The van der Waals surface area contributed by atoms with Crippen LogP contribution in [-0.2, 0) is 6.18 Å². The summed E-state index contributed by atoms with van der Waals surface area (Å²) < 4.78 is 94.2. The van der Waals surface area contributed by atoms with E-state index < -0.39 is 46.7 Å². The number of hydrogen-bond acceptors (Lipinski definition) is 9. The molecule has 2 aliphatic rings. The van der Waals surface area contributed by atoms with Gasteiger partial charge >= 0.3 is 12.2 Å². The highest BCUT2D eigenvalue weighted by Gasteiger charge is 2.39. The molecule has 1 saturated carbocycles. The number of ether oxygens (including phenoxy) is 1. The van der Waals surface area contributed by atoms with Crippen molar-refractivity contribution >= 4 is 43.4 Å².